The Morgan fingerprint density at radius 2 is 1.56 bits per heavy atom. The molecular weight excluding hydrogens is 369 g/mol. The second-order valence-corrected chi connectivity index (χ2v) is 5.36. The maximum atomic E-state index is 13.7. The van der Waals surface area contributed by atoms with Crippen LogP contribution >= 0.6 is 0 Å². The van der Waals surface area contributed by atoms with Gasteiger partial charge < -0.3 is 10.6 Å². The van der Waals surface area contributed by atoms with Crippen molar-refractivity contribution in [2.45, 2.75) is 0 Å². The van der Waals surface area contributed by atoms with Crippen molar-refractivity contribution in [3.8, 4) is 0 Å². The smallest absolute Gasteiger partial charge is 0.257 e. The molecule has 0 saturated heterocycles. The minimum absolute atomic E-state index is 0.0709. The largest absolute Gasteiger partial charge is 0.352 e. The van der Waals surface area contributed by atoms with Crippen molar-refractivity contribution in [1.82, 2.24) is 4.98 Å². The molecule has 0 aliphatic rings. The number of halogens is 5. The number of pyridine rings is 1. The van der Waals surface area contributed by atoms with Gasteiger partial charge in [0.25, 0.3) is 5.91 Å². The van der Waals surface area contributed by atoms with Crippen molar-refractivity contribution in [3.63, 3.8) is 0 Å². The van der Waals surface area contributed by atoms with Crippen LogP contribution in [0.5, 0.6) is 0 Å². The minimum atomic E-state index is -1.66. The highest BCUT2D eigenvalue weighted by molar-refractivity contribution is 6.04. The van der Waals surface area contributed by atoms with Gasteiger partial charge in [0.15, 0.2) is 17.5 Å². The normalized spacial score (nSPS) is 10.6. The number of aromatic nitrogens is 1. The summed E-state index contributed by atoms with van der Waals surface area (Å²) in [6, 6.07) is 5.98. The van der Waals surface area contributed by atoms with Crippen LogP contribution in [-0.2, 0) is 0 Å². The van der Waals surface area contributed by atoms with Crippen LogP contribution in [0.3, 0.4) is 0 Å². The quantitative estimate of drug-likeness (QED) is 0.507. The second-order valence-electron chi connectivity index (χ2n) is 5.36. The SMILES string of the molecule is O=C(Nc1c(F)cccc1F)c1cncc(Nc2ccc(F)c(F)c2F)c1. The summed E-state index contributed by atoms with van der Waals surface area (Å²) in [5.41, 5.74) is -1.05. The molecule has 3 aromatic rings. The Kier molecular flexibility index (Phi) is 5.02. The molecule has 0 aliphatic carbocycles. The van der Waals surface area contributed by atoms with Crippen molar-refractivity contribution in [2.75, 3.05) is 10.6 Å². The lowest BCUT2D eigenvalue weighted by Gasteiger charge is -2.10. The van der Waals surface area contributed by atoms with Gasteiger partial charge in [-0.3, -0.25) is 9.78 Å². The van der Waals surface area contributed by atoms with E-state index in [1.807, 2.05) is 0 Å². The van der Waals surface area contributed by atoms with E-state index in [2.05, 4.69) is 15.6 Å². The third-order valence-corrected chi connectivity index (χ3v) is 3.52. The Hall–Kier alpha value is -3.49. The highest BCUT2D eigenvalue weighted by atomic mass is 19.2. The fourth-order valence-electron chi connectivity index (χ4n) is 2.21. The van der Waals surface area contributed by atoms with Crippen LogP contribution < -0.4 is 10.6 Å². The number of nitrogens with zero attached hydrogens (tertiary/aromatic N) is 1. The second kappa shape index (κ2) is 7.40. The molecule has 0 spiro atoms. The number of benzene rings is 2. The Balaban J connectivity index is 1.83. The molecule has 2 N–H and O–H groups in total. The van der Waals surface area contributed by atoms with Gasteiger partial charge in [0.1, 0.15) is 17.3 Å². The van der Waals surface area contributed by atoms with Crippen LogP contribution in [0.2, 0.25) is 0 Å². The average molecular weight is 379 g/mol. The Bertz CT molecular complexity index is 1010. The highest BCUT2D eigenvalue weighted by Crippen LogP contribution is 2.24. The summed E-state index contributed by atoms with van der Waals surface area (Å²) in [6.45, 7) is 0. The molecule has 1 amide bonds. The van der Waals surface area contributed by atoms with Crippen molar-refractivity contribution in [1.29, 1.82) is 0 Å². The molecule has 3 rings (SSSR count). The van der Waals surface area contributed by atoms with Gasteiger partial charge >= 0.3 is 0 Å². The van der Waals surface area contributed by atoms with E-state index in [9.17, 15) is 26.7 Å². The van der Waals surface area contributed by atoms with Gasteiger partial charge in [0, 0.05) is 6.20 Å². The van der Waals surface area contributed by atoms with Gasteiger partial charge in [0.2, 0.25) is 0 Å². The monoisotopic (exact) mass is 379 g/mol. The highest BCUT2D eigenvalue weighted by Gasteiger charge is 2.16. The molecule has 0 radical (unpaired) electrons. The number of hydrogen-bond acceptors (Lipinski definition) is 3. The Morgan fingerprint density at radius 1 is 0.852 bits per heavy atom. The number of nitrogens with one attached hydrogen (secondary N) is 2. The van der Waals surface area contributed by atoms with Gasteiger partial charge in [-0.15, -0.1) is 0 Å². The standard InChI is InChI=1S/C18H10F5N3O/c19-11-4-5-14(16(23)15(11)22)25-10-6-9(7-24-8-10)18(27)26-17-12(20)2-1-3-13(17)21/h1-8,25H,(H,26,27). The molecule has 4 nitrogen and oxygen atoms in total. The molecule has 0 fully saturated rings. The first-order valence-electron chi connectivity index (χ1n) is 7.47. The number of anilines is 3. The van der Waals surface area contributed by atoms with Gasteiger partial charge in [-0.05, 0) is 30.3 Å². The average Bonchev–Trinajstić information content (AvgIpc) is 2.65. The zero-order valence-electron chi connectivity index (χ0n) is 13.4. The molecule has 9 heteroatoms. The summed E-state index contributed by atoms with van der Waals surface area (Å²) in [7, 11) is 0. The van der Waals surface area contributed by atoms with E-state index < -0.39 is 40.7 Å². The summed E-state index contributed by atoms with van der Waals surface area (Å²) >= 11 is 0. The first-order valence-corrected chi connectivity index (χ1v) is 7.47. The molecule has 0 saturated carbocycles. The summed E-state index contributed by atoms with van der Waals surface area (Å²) in [5.74, 6) is -7.25. The minimum Gasteiger partial charge on any atom is -0.352 e. The van der Waals surface area contributed by atoms with Crippen LogP contribution in [-0.4, -0.2) is 10.9 Å². The summed E-state index contributed by atoms with van der Waals surface area (Å²) in [6.07, 6.45) is 2.31. The van der Waals surface area contributed by atoms with E-state index in [4.69, 9.17) is 0 Å². The van der Waals surface area contributed by atoms with E-state index in [1.165, 1.54) is 12.3 Å². The van der Waals surface area contributed by atoms with E-state index in [-0.39, 0.29) is 16.9 Å². The zero-order chi connectivity index (χ0) is 19.6. The van der Waals surface area contributed by atoms with Gasteiger partial charge in [-0.2, -0.15) is 0 Å². The Labute approximate surface area is 149 Å². The number of amides is 1. The van der Waals surface area contributed by atoms with Crippen LogP contribution in [0.15, 0.2) is 48.8 Å². The number of rotatable bonds is 4. The molecule has 27 heavy (non-hydrogen) atoms. The fourth-order valence-corrected chi connectivity index (χ4v) is 2.21. The lowest BCUT2D eigenvalue weighted by atomic mass is 10.2. The first-order chi connectivity index (χ1) is 12.9. The number of hydrogen-bond donors (Lipinski definition) is 2. The molecular formula is C18H10F5N3O. The van der Waals surface area contributed by atoms with E-state index >= 15 is 0 Å². The van der Waals surface area contributed by atoms with Crippen molar-refractivity contribution < 1.29 is 26.7 Å². The van der Waals surface area contributed by atoms with E-state index in [0.717, 1.165) is 36.5 Å². The van der Waals surface area contributed by atoms with Crippen molar-refractivity contribution in [3.05, 3.63) is 83.4 Å². The summed E-state index contributed by atoms with van der Waals surface area (Å²) < 4.78 is 67.2. The van der Waals surface area contributed by atoms with Crippen molar-refractivity contribution >= 4 is 23.0 Å². The van der Waals surface area contributed by atoms with Crippen LogP contribution in [0.1, 0.15) is 10.4 Å². The van der Waals surface area contributed by atoms with E-state index in [1.54, 1.807) is 0 Å². The fraction of sp³-hybridized carbons (Fsp3) is 0. The van der Waals surface area contributed by atoms with Crippen LogP contribution in [0.4, 0.5) is 39.0 Å². The molecule has 1 heterocycles. The first kappa shape index (κ1) is 18.3. The van der Waals surface area contributed by atoms with Gasteiger partial charge in [-0.1, -0.05) is 6.07 Å². The topological polar surface area (TPSA) is 54.0 Å². The number of carbonyl (C=O) groups excluding carboxylic acids is 1. The third-order valence-electron chi connectivity index (χ3n) is 3.52. The van der Waals surface area contributed by atoms with Gasteiger partial charge in [0.05, 0.1) is 23.1 Å². The molecule has 0 unspecified atom stereocenters. The van der Waals surface area contributed by atoms with E-state index in [0.29, 0.717) is 0 Å². The Morgan fingerprint density at radius 3 is 2.26 bits per heavy atom. The molecule has 0 atom stereocenters. The number of para-hydroxylation sites is 1. The van der Waals surface area contributed by atoms with Crippen molar-refractivity contribution in [2.24, 2.45) is 0 Å². The molecule has 0 bridgehead atoms. The third kappa shape index (κ3) is 3.86. The van der Waals surface area contributed by atoms with Gasteiger partial charge in [-0.25, -0.2) is 22.0 Å². The molecule has 0 aliphatic heterocycles. The maximum Gasteiger partial charge on any atom is 0.257 e. The number of carbonyl (C=O) groups is 1. The van der Waals surface area contributed by atoms with Crippen LogP contribution in [0.25, 0.3) is 0 Å². The summed E-state index contributed by atoms with van der Waals surface area (Å²) in [4.78, 5) is 15.9. The molecule has 138 valence electrons. The predicted molar refractivity (Wildman–Crippen MR) is 88.1 cm³/mol. The molecule has 1 aromatic heterocycles. The molecule has 2 aromatic carbocycles. The summed E-state index contributed by atoms with van der Waals surface area (Å²) in [5, 5.41) is 4.52. The predicted octanol–water partition coefficient (Wildman–Crippen LogP) is 4.77. The zero-order valence-corrected chi connectivity index (χ0v) is 13.4. The lowest BCUT2D eigenvalue weighted by molar-refractivity contribution is 0.102. The van der Waals surface area contributed by atoms with Crippen LogP contribution in [0, 0.1) is 29.1 Å². The lowest BCUT2D eigenvalue weighted by Crippen LogP contribution is -2.15. The maximum absolute atomic E-state index is 13.7.